The van der Waals surface area contributed by atoms with Gasteiger partial charge in [0.15, 0.2) is 5.82 Å². The molecule has 2 aromatic rings. The highest BCUT2D eigenvalue weighted by Gasteiger charge is 2.24. The van der Waals surface area contributed by atoms with Gasteiger partial charge < -0.3 is 10.2 Å². The predicted molar refractivity (Wildman–Crippen MR) is 79.4 cm³/mol. The summed E-state index contributed by atoms with van der Waals surface area (Å²) in [6.45, 7) is 1.99. The number of rotatable bonds is 3. The normalized spacial score (nSPS) is 18.8. The Morgan fingerprint density at radius 1 is 1.42 bits per heavy atom. The summed E-state index contributed by atoms with van der Waals surface area (Å²) in [5.41, 5.74) is 0. The zero-order chi connectivity index (χ0) is 13.2. The zero-order valence-corrected chi connectivity index (χ0v) is 12.3. The van der Waals surface area contributed by atoms with Gasteiger partial charge in [-0.3, -0.25) is 4.68 Å². The molecule has 0 aliphatic carbocycles. The second-order valence-corrected chi connectivity index (χ2v) is 5.61. The van der Waals surface area contributed by atoms with Crippen molar-refractivity contribution in [1.82, 2.24) is 14.8 Å². The first-order valence-corrected chi connectivity index (χ1v) is 7.13. The van der Waals surface area contributed by atoms with Crippen LogP contribution in [0, 0.1) is 0 Å². The predicted octanol–water partition coefficient (Wildman–Crippen LogP) is 2.27. The first-order chi connectivity index (χ1) is 9.22. The Morgan fingerprint density at radius 3 is 3.05 bits per heavy atom. The molecule has 1 N–H and O–H groups in total. The molecule has 1 aliphatic rings. The van der Waals surface area contributed by atoms with E-state index in [1.165, 1.54) is 0 Å². The second-order valence-electron chi connectivity index (χ2n) is 4.76. The molecule has 1 fully saturated rings. The summed E-state index contributed by atoms with van der Waals surface area (Å²) in [5.74, 6) is 1.96. The van der Waals surface area contributed by atoms with Gasteiger partial charge in [0.25, 0.3) is 0 Å². The summed E-state index contributed by atoms with van der Waals surface area (Å²) >= 11 is 3.51. The molecule has 1 unspecified atom stereocenters. The van der Waals surface area contributed by atoms with E-state index < -0.39 is 0 Å². The maximum absolute atomic E-state index is 4.44. The lowest BCUT2D eigenvalue weighted by atomic mass is 10.2. The highest BCUT2D eigenvalue weighted by atomic mass is 79.9. The topological polar surface area (TPSA) is 46.0 Å². The molecule has 0 bridgehead atoms. The van der Waals surface area contributed by atoms with Gasteiger partial charge in [-0.1, -0.05) is 0 Å². The van der Waals surface area contributed by atoms with Gasteiger partial charge in [-0.15, -0.1) is 0 Å². The van der Waals surface area contributed by atoms with E-state index in [1.807, 2.05) is 30.1 Å². The number of halogens is 1. The number of hydrogen-bond donors (Lipinski definition) is 1. The smallest absolute Gasteiger partial charge is 0.150 e. The van der Waals surface area contributed by atoms with Crippen LogP contribution in [0.3, 0.4) is 0 Å². The molecule has 19 heavy (non-hydrogen) atoms. The molecule has 2 aromatic heterocycles. The number of nitrogens with one attached hydrogen (secondary N) is 1. The van der Waals surface area contributed by atoms with Crippen LogP contribution in [0.5, 0.6) is 0 Å². The van der Waals surface area contributed by atoms with Crippen LogP contribution in [0.4, 0.5) is 11.6 Å². The number of pyridine rings is 1. The standard InChI is InChI=1S/C13H16BrN5/c1-18-7-5-12(17-18)19-8-4-10(9-19)16-13-11(14)3-2-6-15-13/h2-3,5-7,10H,4,8-9H2,1H3,(H,15,16). The molecule has 3 rings (SSSR count). The average Bonchev–Trinajstić information content (AvgIpc) is 3.01. The van der Waals surface area contributed by atoms with Crippen molar-refractivity contribution < 1.29 is 0 Å². The third-order valence-electron chi connectivity index (χ3n) is 3.31. The minimum absolute atomic E-state index is 0.410. The SMILES string of the molecule is Cn1ccc(N2CCC(Nc3ncccc3Br)C2)n1. The van der Waals surface area contributed by atoms with E-state index in [2.05, 4.69) is 42.3 Å². The average molecular weight is 322 g/mol. The molecule has 6 heteroatoms. The fraction of sp³-hybridized carbons (Fsp3) is 0.385. The Hall–Kier alpha value is -1.56. The fourth-order valence-electron chi connectivity index (χ4n) is 2.34. The minimum Gasteiger partial charge on any atom is -0.365 e. The van der Waals surface area contributed by atoms with Gasteiger partial charge in [0.1, 0.15) is 5.82 Å². The van der Waals surface area contributed by atoms with E-state index in [4.69, 9.17) is 0 Å². The van der Waals surface area contributed by atoms with Gasteiger partial charge in [-0.05, 0) is 34.5 Å². The lowest BCUT2D eigenvalue weighted by molar-refractivity contribution is 0.752. The van der Waals surface area contributed by atoms with Crippen LogP contribution in [-0.2, 0) is 7.05 Å². The van der Waals surface area contributed by atoms with E-state index >= 15 is 0 Å². The lowest BCUT2D eigenvalue weighted by Gasteiger charge is -2.17. The second kappa shape index (κ2) is 5.21. The van der Waals surface area contributed by atoms with Gasteiger partial charge in [-0.25, -0.2) is 4.98 Å². The van der Waals surface area contributed by atoms with E-state index in [1.54, 1.807) is 6.20 Å². The van der Waals surface area contributed by atoms with Gasteiger partial charge in [0, 0.05) is 44.6 Å². The summed E-state index contributed by atoms with van der Waals surface area (Å²) in [7, 11) is 1.94. The maximum Gasteiger partial charge on any atom is 0.150 e. The van der Waals surface area contributed by atoms with Crippen LogP contribution in [0.1, 0.15) is 6.42 Å². The number of nitrogens with zero attached hydrogens (tertiary/aromatic N) is 4. The molecule has 0 amide bonds. The molecule has 0 aromatic carbocycles. The van der Waals surface area contributed by atoms with Crippen molar-refractivity contribution in [3.05, 3.63) is 35.1 Å². The molecule has 3 heterocycles. The molecular formula is C13H16BrN5. The summed E-state index contributed by atoms with van der Waals surface area (Å²) in [5, 5.41) is 7.92. The van der Waals surface area contributed by atoms with Crippen molar-refractivity contribution in [2.45, 2.75) is 12.5 Å². The molecular weight excluding hydrogens is 306 g/mol. The Bertz CT molecular complexity index is 568. The number of anilines is 2. The highest BCUT2D eigenvalue weighted by Crippen LogP contribution is 2.23. The Morgan fingerprint density at radius 2 is 2.32 bits per heavy atom. The lowest BCUT2D eigenvalue weighted by Crippen LogP contribution is -2.26. The van der Waals surface area contributed by atoms with Crippen molar-refractivity contribution in [3.63, 3.8) is 0 Å². The Labute approximate surface area is 120 Å². The number of aryl methyl sites for hydroxylation is 1. The zero-order valence-electron chi connectivity index (χ0n) is 10.8. The maximum atomic E-state index is 4.44. The highest BCUT2D eigenvalue weighted by molar-refractivity contribution is 9.10. The van der Waals surface area contributed by atoms with Gasteiger partial charge >= 0.3 is 0 Å². The van der Waals surface area contributed by atoms with E-state index in [-0.39, 0.29) is 0 Å². The monoisotopic (exact) mass is 321 g/mol. The van der Waals surface area contributed by atoms with Crippen LogP contribution in [0.25, 0.3) is 0 Å². The van der Waals surface area contributed by atoms with Crippen LogP contribution >= 0.6 is 15.9 Å². The van der Waals surface area contributed by atoms with Crippen molar-refractivity contribution in [1.29, 1.82) is 0 Å². The van der Waals surface area contributed by atoms with Crippen molar-refractivity contribution in [2.75, 3.05) is 23.3 Å². The minimum atomic E-state index is 0.410. The van der Waals surface area contributed by atoms with Gasteiger partial charge in [0.05, 0.1) is 4.47 Å². The summed E-state index contributed by atoms with van der Waals surface area (Å²) in [6, 6.07) is 6.39. The first kappa shape index (κ1) is 12.5. The van der Waals surface area contributed by atoms with Crippen LogP contribution in [0.2, 0.25) is 0 Å². The van der Waals surface area contributed by atoms with Crippen LogP contribution in [0.15, 0.2) is 35.1 Å². The van der Waals surface area contributed by atoms with Crippen molar-refractivity contribution in [2.24, 2.45) is 7.05 Å². The third kappa shape index (κ3) is 2.73. The molecule has 1 atom stereocenters. The van der Waals surface area contributed by atoms with E-state index in [0.29, 0.717) is 6.04 Å². The Balaban J connectivity index is 1.65. The number of hydrogen-bond acceptors (Lipinski definition) is 4. The first-order valence-electron chi connectivity index (χ1n) is 6.34. The van der Waals surface area contributed by atoms with Gasteiger partial charge in [-0.2, -0.15) is 5.10 Å². The van der Waals surface area contributed by atoms with E-state index in [0.717, 1.165) is 35.6 Å². The summed E-state index contributed by atoms with van der Waals surface area (Å²) in [6.07, 6.45) is 4.88. The molecule has 1 aliphatic heterocycles. The molecule has 100 valence electrons. The fourth-order valence-corrected chi connectivity index (χ4v) is 2.71. The number of aromatic nitrogens is 3. The molecule has 0 spiro atoms. The van der Waals surface area contributed by atoms with Crippen LogP contribution < -0.4 is 10.2 Å². The van der Waals surface area contributed by atoms with Crippen molar-refractivity contribution in [3.8, 4) is 0 Å². The summed E-state index contributed by atoms with van der Waals surface area (Å²) in [4.78, 5) is 6.65. The van der Waals surface area contributed by atoms with Crippen LogP contribution in [-0.4, -0.2) is 33.9 Å². The molecule has 5 nitrogen and oxygen atoms in total. The molecule has 0 radical (unpaired) electrons. The van der Waals surface area contributed by atoms with Crippen molar-refractivity contribution >= 4 is 27.6 Å². The van der Waals surface area contributed by atoms with E-state index in [9.17, 15) is 0 Å². The third-order valence-corrected chi connectivity index (χ3v) is 3.95. The van der Waals surface area contributed by atoms with Gasteiger partial charge in [0.2, 0.25) is 0 Å². The largest absolute Gasteiger partial charge is 0.365 e. The molecule has 0 saturated carbocycles. The Kier molecular flexibility index (Phi) is 3.42. The molecule has 1 saturated heterocycles. The quantitative estimate of drug-likeness (QED) is 0.942. The summed E-state index contributed by atoms with van der Waals surface area (Å²) < 4.78 is 2.84.